The summed E-state index contributed by atoms with van der Waals surface area (Å²) < 4.78 is 39.3. The Bertz CT molecular complexity index is 721. The quantitative estimate of drug-likeness (QED) is 0.766. The molecule has 0 bridgehead atoms. The Morgan fingerprint density at radius 3 is 2.60 bits per heavy atom. The minimum Gasteiger partial charge on any atom is -0.352 e. The largest absolute Gasteiger partial charge is 0.352 e. The second-order valence-electron chi connectivity index (χ2n) is 5.98. The van der Waals surface area contributed by atoms with Crippen molar-refractivity contribution < 1.29 is 22.4 Å². The van der Waals surface area contributed by atoms with Crippen LogP contribution in [0.3, 0.4) is 0 Å². The van der Waals surface area contributed by atoms with Crippen molar-refractivity contribution in [3.05, 3.63) is 30.1 Å². The molecule has 138 valence electrons. The van der Waals surface area contributed by atoms with Crippen molar-refractivity contribution >= 4 is 21.8 Å². The molecule has 25 heavy (non-hydrogen) atoms. The molecule has 2 N–H and O–H groups in total. The standard InChI is InChI=1S/C16H22FN3O4S/c1-12(21)19-14-3-2-10-20(11-14)16(22)8-9-18-25(23,24)15-6-4-13(17)5-7-15/h4-7,14,18H,2-3,8-11H2,1H3,(H,19,21). The maximum absolute atomic E-state index is 12.9. The van der Waals surface area contributed by atoms with E-state index in [-0.39, 0.29) is 35.7 Å². The van der Waals surface area contributed by atoms with Crippen LogP contribution in [-0.4, -0.2) is 50.8 Å². The van der Waals surface area contributed by atoms with Crippen molar-refractivity contribution in [1.29, 1.82) is 0 Å². The van der Waals surface area contributed by atoms with E-state index < -0.39 is 15.8 Å². The van der Waals surface area contributed by atoms with Crippen LogP contribution in [0.2, 0.25) is 0 Å². The van der Waals surface area contributed by atoms with Gasteiger partial charge in [0.15, 0.2) is 0 Å². The fourth-order valence-electron chi connectivity index (χ4n) is 2.76. The number of carbonyl (C=O) groups excluding carboxylic acids is 2. The molecule has 2 amide bonds. The predicted octanol–water partition coefficient (Wildman–Crippen LogP) is 0.621. The number of nitrogens with zero attached hydrogens (tertiary/aromatic N) is 1. The smallest absolute Gasteiger partial charge is 0.240 e. The van der Waals surface area contributed by atoms with Crippen LogP contribution in [0.25, 0.3) is 0 Å². The number of sulfonamides is 1. The molecular formula is C16H22FN3O4S. The summed E-state index contributed by atoms with van der Waals surface area (Å²) in [7, 11) is -3.77. The second-order valence-corrected chi connectivity index (χ2v) is 7.75. The molecule has 9 heteroatoms. The summed E-state index contributed by atoms with van der Waals surface area (Å²) in [5, 5.41) is 2.80. The minimum atomic E-state index is -3.77. The molecule has 1 aliphatic heterocycles. The molecule has 1 aromatic carbocycles. The molecule has 0 radical (unpaired) electrons. The number of nitrogens with one attached hydrogen (secondary N) is 2. The summed E-state index contributed by atoms with van der Waals surface area (Å²) in [5.74, 6) is -0.823. The lowest BCUT2D eigenvalue weighted by molar-refractivity contribution is -0.133. The number of likely N-dealkylation sites (tertiary alicyclic amines) is 1. The Hall–Kier alpha value is -2.00. The van der Waals surface area contributed by atoms with Gasteiger partial charge in [-0.15, -0.1) is 0 Å². The Kier molecular flexibility index (Phi) is 6.49. The Morgan fingerprint density at radius 2 is 1.96 bits per heavy atom. The average Bonchev–Trinajstić information content (AvgIpc) is 2.54. The highest BCUT2D eigenvalue weighted by atomic mass is 32.2. The highest BCUT2D eigenvalue weighted by Gasteiger charge is 2.24. The Labute approximate surface area is 146 Å². The first-order valence-electron chi connectivity index (χ1n) is 8.08. The van der Waals surface area contributed by atoms with Crippen LogP contribution >= 0.6 is 0 Å². The number of hydrogen-bond donors (Lipinski definition) is 2. The van der Waals surface area contributed by atoms with Gasteiger partial charge in [0, 0.05) is 39.0 Å². The molecule has 0 saturated carbocycles. The van der Waals surface area contributed by atoms with Gasteiger partial charge < -0.3 is 10.2 Å². The Balaban J connectivity index is 1.83. The van der Waals surface area contributed by atoms with Crippen LogP contribution in [0.15, 0.2) is 29.2 Å². The number of hydrogen-bond acceptors (Lipinski definition) is 4. The number of benzene rings is 1. The summed E-state index contributed by atoms with van der Waals surface area (Å²) in [6, 6.07) is 4.40. The van der Waals surface area contributed by atoms with Gasteiger partial charge in [-0.1, -0.05) is 0 Å². The second kappa shape index (κ2) is 8.39. The fraction of sp³-hybridized carbons (Fsp3) is 0.500. The number of amides is 2. The summed E-state index contributed by atoms with van der Waals surface area (Å²) in [6.07, 6.45) is 1.63. The molecular weight excluding hydrogens is 349 g/mol. The molecule has 0 aliphatic carbocycles. The zero-order chi connectivity index (χ0) is 18.4. The maximum atomic E-state index is 12.9. The topological polar surface area (TPSA) is 95.6 Å². The average molecular weight is 371 g/mol. The van der Waals surface area contributed by atoms with E-state index in [9.17, 15) is 22.4 Å². The number of halogens is 1. The third-order valence-corrected chi connectivity index (χ3v) is 5.41. The molecule has 0 spiro atoms. The first-order chi connectivity index (χ1) is 11.8. The van der Waals surface area contributed by atoms with Crippen molar-refractivity contribution in [2.45, 2.75) is 37.1 Å². The van der Waals surface area contributed by atoms with Gasteiger partial charge in [-0.3, -0.25) is 9.59 Å². The van der Waals surface area contributed by atoms with E-state index in [0.29, 0.717) is 13.1 Å². The minimum absolute atomic E-state index is 0.0210. The lowest BCUT2D eigenvalue weighted by Gasteiger charge is -2.33. The highest BCUT2D eigenvalue weighted by Crippen LogP contribution is 2.12. The van der Waals surface area contributed by atoms with Crippen molar-refractivity contribution in [3.8, 4) is 0 Å². The monoisotopic (exact) mass is 371 g/mol. The van der Waals surface area contributed by atoms with Crippen molar-refractivity contribution in [2.75, 3.05) is 19.6 Å². The Morgan fingerprint density at radius 1 is 1.28 bits per heavy atom. The molecule has 1 unspecified atom stereocenters. The highest BCUT2D eigenvalue weighted by molar-refractivity contribution is 7.89. The van der Waals surface area contributed by atoms with Gasteiger partial charge in [0.1, 0.15) is 5.82 Å². The first-order valence-corrected chi connectivity index (χ1v) is 9.56. The molecule has 1 atom stereocenters. The SMILES string of the molecule is CC(=O)NC1CCCN(C(=O)CCNS(=O)(=O)c2ccc(F)cc2)C1. The maximum Gasteiger partial charge on any atom is 0.240 e. The van der Waals surface area contributed by atoms with Crippen LogP contribution in [0, 0.1) is 5.82 Å². The summed E-state index contributed by atoms with van der Waals surface area (Å²) in [5.41, 5.74) is 0. The van der Waals surface area contributed by atoms with Crippen molar-refractivity contribution in [2.24, 2.45) is 0 Å². The van der Waals surface area contributed by atoms with Crippen LogP contribution in [0.1, 0.15) is 26.2 Å². The molecule has 1 heterocycles. The molecule has 2 rings (SSSR count). The summed E-state index contributed by atoms with van der Waals surface area (Å²) >= 11 is 0. The van der Waals surface area contributed by atoms with Crippen LogP contribution in [0.5, 0.6) is 0 Å². The van der Waals surface area contributed by atoms with E-state index in [4.69, 9.17) is 0 Å². The zero-order valence-electron chi connectivity index (χ0n) is 14.0. The van der Waals surface area contributed by atoms with Gasteiger partial charge in [0.25, 0.3) is 0 Å². The fourth-order valence-corrected chi connectivity index (χ4v) is 3.79. The zero-order valence-corrected chi connectivity index (χ0v) is 14.8. The van der Waals surface area contributed by atoms with Gasteiger partial charge in [-0.05, 0) is 37.1 Å². The normalized spacial score (nSPS) is 18.0. The van der Waals surface area contributed by atoms with Crippen LogP contribution in [-0.2, 0) is 19.6 Å². The van der Waals surface area contributed by atoms with E-state index >= 15 is 0 Å². The first kappa shape index (κ1) is 19.3. The summed E-state index contributed by atoms with van der Waals surface area (Å²) in [4.78, 5) is 24.9. The van der Waals surface area contributed by atoms with Gasteiger partial charge in [-0.2, -0.15) is 0 Å². The van der Waals surface area contributed by atoms with E-state index in [1.165, 1.54) is 19.1 Å². The molecule has 1 fully saturated rings. The predicted molar refractivity (Wildman–Crippen MR) is 89.6 cm³/mol. The van der Waals surface area contributed by atoms with Crippen LogP contribution < -0.4 is 10.0 Å². The molecule has 1 aromatic rings. The van der Waals surface area contributed by atoms with E-state index in [1.807, 2.05) is 0 Å². The number of rotatable bonds is 6. The summed E-state index contributed by atoms with van der Waals surface area (Å²) in [6.45, 7) is 2.42. The third-order valence-electron chi connectivity index (χ3n) is 3.94. The van der Waals surface area contributed by atoms with E-state index in [0.717, 1.165) is 25.0 Å². The van der Waals surface area contributed by atoms with E-state index in [2.05, 4.69) is 10.0 Å². The van der Waals surface area contributed by atoms with Gasteiger partial charge in [0.2, 0.25) is 21.8 Å². The van der Waals surface area contributed by atoms with Gasteiger partial charge in [-0.25, -0.2) is 17.5 Å². The number of piperidine rings is 1. The lowest BCUT2D eigenvalue weighted by Crippen LogP contribution is -2.49. The molecule has 7 nitrogen and oxygen atoms in total. The van der Waals surface area contributed by atoms with Crippen LogP contribution in [0.4, 0.5) is 4.39 Å². The van der Waals surface area contributed by atoms with E-state index in [1.54, 1.807) is 4.90 Å². The number of carbonyl (C=O) groups is 2. The third kappa shape index (κ3) is 5.79. The van der Waals surface area contributed by atoms with Crippen molar-refractivity contribution in [1.82, 2.24) is 14.9 Å². The van der Waals surface area contributed by atoms with Gasteiger partial charge >= 0.3 is 0 Å². The molecule has 1 saturated heterocycles. The van der Waals surface area contributed by atoms with Gasteiger partial charge in [0.05, 0.1) is 4.90 Å². The molecule has 0 aromatic heterocycles. The molecule has 1 aliphatic rings. The lowest BCUT2D eigenvalue weighted by atomic mass is 10.1. The van der Waals surface area contributed by atoms with Crippen molar-refractivity contribution in [3.63, 3.8) is 0 Å².